The van der Waals surface area contributed by atoms with Crippen molar-refractivity contribution in [1.29, 1.82) is 0 Å². The van der Waals surface area contributed by atoms with Gasteiger partial charge in [-0.2, -0.15) is 0 Å². The molecule has 1 atom stereocenters. The number of thiazole rings is 1. The predicted octanol–water partition coefficient (Wildman–Crippen LogP) is 3.62. The largest absolute Gasteiger partial charge is 0.493 e. The number of methoxy groups -OCH3 is 1. The molecule has 0 N–H and O–H groups in total. The first-order chi connectivity index (χ1) is 18.9. The van der Waals surface area contributed by atoms with Crippen LogP contribution in [-0.2, 0) is 9.53 Å². The van der Waals surface area contributed by atoms with E-state index in [1.54, 1.807) is 44.2 Å². The molecule has 39 heavy (non-hydrogen) atoms. The summed E-state index contributed by atoms with van der Waals surface area (Å²) in [6.07, 6.45) is 3.09. The fourth-order valence-electron chi connectivity index (χ4n) is 4.30. The number of rotatable bonds is 7. The lowest BCUT2D eigenvalue weighted by Gasteiger charge is -2.24. The first kappa shape index (κ1) is 25.9. The van der Waals surface area contributed by atoms with Crippen molar-refractivity contribution < 1.29 is 28.2 Å². The molecule has 0 bridgehead atoms. The zero-order valence-corrected chi connectivity index (χ0v) is 22.2. The fourth-order valence-corrected chi connectivity index (χ4v) is 5.34. The van der Waals surface area contributed by atoms with E-state index in [0.717, 1.165) is 5.56 Å². The van der Waals surface area contributed by atoms with Crippen LogP contribution in [0.5, 0.6) is 11.5 Å². The van der Waals surface area contributed by atoms with Gasteiger partial charge in [0.1, 0.15) is 0 Å². The second-order valence-corrected chi connectivity index (χ2v) is 9.50. The molecule has 0 spiro atoms. The van der Waals surface area contributed by atoms with Gasteiger partial charge < -0.3 is 18.6 Å². The number of aromatic nitrogens is 1. The molecule has 0 saturated carbocycles. The molecule has 5 rings (SSSR count). The fraction of sp³-hybridized carbons (Fsp3) is 0.172. The Labute approximate surface area is 226 Å². The Morgan fingerprint density at radius 2 is 1.87 bits per heavy atom. The molecule has 2 aromatic carbocycles. The number of hydrogen-bond acceptors (Lipinski definition) is 9. The highest BCUT2D eigenvalue weighted by atomic mass is 32.1. The second-order valence-electron chi connectivity index (χ2n) is 8.49. The number of fused-ring (bicyclic) bond motifs is 1. The summed E-state index contributed by atoms with van der Waals surface area (Å²) in [5.41, 5.74) is 1.94. The summed E-state index contributed by atoms with van der Waals surface area (Å²) in [7, 11) is 1.46. The summed E-state index contributed by atoms with van der Waals surface area (Å²) < 4.78 is 23.2. The van der Waals surface area contributed by atoms with Crippen LogP contribution >= 0.6 is 11.3 Å². The van der Waals surface area contributed by atoms with Gasteiger partial charge in [-0.25, -0.2) is 14.6 Å². The molecule has 1 aliphatic rings. The van der Waals surface area contributed by atoms with Gasteiger partial charge in [-0.3, -0.25) is 9.36 Å². The van der Waals surface area contributed by atoms with Crippen LogP contribution in [-0.4, -0.2) is 30.2 Å². The smallest absolute Gasteiger partial charge is 0.379 e. The number of benzene rings is 2. The molecular formula is C29H24N2O7S. The van der Waals surface area contributed by atoms with Crippen molar-refractivity contribution in [3.05, 3.63) is 115 Å². The van der Waals surface area contributed by atoms with Gasteiger partial charge in [-0.1, -0.05) is 47.7 Å². The topological polar surface area (TPSA) is 109 Å². The first-order valence-corrected chi connectivity index (χ1v) is 12.9. The Bertz CT molecular complexity index is 1750. The minimum atomic E-state index is -0.679. The van der Waals surface area contributed by atoms with Crippen molar-refractivity contribution in [2.24, 2.45) is 4.99 Å². The van der Waals surface area contributed by atoms with Gasteiger partial charge in [0.15, 0.2) is 16.3 Å². The van der Waals surface area contributed by atoms with Crippen LogP contribution in [0.15, 0.2) is 92.4 Å². The maximum absolute atomic E-state index is 13.7. The third-order valence-corrected chi connectivity index (χ3v) is 7.03. The van der Waals surface area contributed by atoms with Gasteiger partial charge in [-0.15, -0.1) is 0 Å². The normalized spacial score (nSPS) is 14.9. The van der Waals surface area contributed by atoms with Crippen molar-refractivity contribution in [2.45, 2.75) is 19.9 Å². The van der Waals surface area contributed by atoms with Gasteiger partial charge in [0.25, 0.3) is 5.56 Å². The molecule has 3 heterocycles. The van der Waals surface area contributed by atoms with Crippen molar-refractivity contribution in [2.75, 3.05) is 13.7 Å². The second kappa shape index (κ2) is 11.0. The third kappa shape index (κ3) is 5.06. The Hall–Kier alpha value is -4.70. The zero-order valence-electron chi connectivity index (χ0n) is 21.4. The van der Waals surface area contributed by atoms with E-state index in [4.69, 9.17) is 18.6 Å². The molecule has 9 nitrogen and oxygen atoms in total. The van der Waals surface area contributed by atoms with Crippen LogP contribution in [0.1, 0.15) is 41.6 Å². The number of esters is 2. The first-order valence-electron chi connectivity index (χ1n) is 12.1. The molecule has 1 aliphatic heterocycles. The van der Waals surface area contributed by atoms with E-state index < -0.39 is 18.0 Å². The van der Waals surface area contributed by atoms with Crippen molar-refractivity contribution in [1.82, 2.24) is 4.57 Å². The van der Waals surface area contributed by atoms with Gasteiger partial charge in [0.05, 0.1) is 41.8 Å². The number of nitrogens with zero attached hydrogens (tertiary/aromatic N) is 2. The summed E-state index contributed by atoms with van der Waals surface area (Å²) in [6, 6.07) is 16.7. The van der Waals surface area contributed by atoms with E-state index >= 15 is 0 Å². The standard InChI is InChI=1S/C29H24N2O7S/c1-4-36-28(34)24-17(2)30-29-31(25(24)19-9-6-5-7-10-19)26(32)23(39-29)16-18-12-13-20(22(15-18)35-3)38-27(33)21-11-8-14-37-21/h5-16,25H,4H2,1-3H3/b23-16+. The van der Waals surface area contributed by atoms with E-state index in [1.165, 1.54) is 35.3 Å². The highest BCUT2D eigenvalue weighted by Gasteiger charge is 2.33. The monoisotopic (exact) mass is 544 g/mol. The Morgan fingerprint density at radius 1 is 1.08 bits per heavy atom. The molecule has 1 unspecified atom stereocenters. The number of hydrogen-bond donors (Lipinski definition) is 0. The maximum atomic E-state index is 13.7. The zero-order chi connectivity index (χ0) is 27.5. The van der Waals surface area contributed by atoms with Gasteiger partial charge in [-0.05, 0) is 55.3 Å². The van der Waals surface area contributed by atoms with Crippen molar-refractivity contribution >= 4 is 29.4 Å². The average molecular weight is 545 g/mol. The molecule has 198 valence electrons. The summed E-state index contributed by atoms with van der Waals surface area (Å²) in [4.78, 5) is 44.0. The highest BCUT2D eigenvalue weighted by molar-refractivity contribution is 7.07. The van der Waals surface area contributed by atoms with E-state index in [2.05, 4.69) is 4.99 Å². The van der Waals surface area contributed by atoms with Crippen molar-refractivity contribution in [3.63, 3.8) is 0 Å². The summed E-state index contributed by atoms with van der Waals surface area (Å²) in [5.74, 6) is -0.595. The van der Waals surface area contributed by atoms with Crippen LogP contribution in [0.2, 0.25) is 0 Å². The van der Waals surface area contributed by atoms with Crippen LogP contribution in [0.25, 0.3) is 6.08 Å². The molecule has 2 aromatic heterocycles. The third-order valence-electron chi connectivity index (χ3n) is 6.04. The molecule has 0 amide bonds. The highest BCUT2D eigenvalue weighted by Crippen LogP contribution is 2.31. The van der Waals surface area contributed by atoms with Gasteiger partial charge in [0, 0.05) is 0 Å². The summed E-state index contributed by atoms with van der Waals surface area (Å²) >= 11 is 1.22. The van der Waals surface area contributed by atoms with E-state index in [1.807, 2.05) is 30.3 Å². The molecule has 10 heteroatoms. The van der Waals surface area contributed by atoms with Gasteiger partial charge in [0.2, 0.25) is 5.76 Å². The van der Waals surface area contributed by atoms with Crippen LogP contribution in [0.3, 0.4) is 0 Å². The van der Waals surface area contributed by atoms with Crippen molar-refractivity contribution in [3.8, 4) is 11.5 Å². The SMILES string of the molecule is CCOC(=O)C1=C(C)N=c2s/c(=C/c3ccc(OC(=O)c4ccco4)c(OC)c3)c(=O)n2C1c1ccccc1. The summed E-state index contributed by atoms with van der Waals surface area (Å²) in [5, 5.41) is 0. The van der Waals surface area contributed by atoms with E-state index in [9.17, 15) is 14.4 Å². The van der Waals surface area contributed by atoms with Crippen LogP contribution in [0.4, 0.5) is 0 Å². The molecule has 4 aromatic rings. The minimum Gasteiger partial charge on any atom is -0.493 e. The van der Waals surface area contributed by atoms with E-state index in [0.29, 0.717) is 31.9 Å². The number of furan rings is 1. The van der Waals surface area contributed by atoms with Crippen LogP contribution in [0, 0.1) is 0 Å². The predicted molar refractivity (Wildman–Crippen MR) is 144 cm³/mol. The number of ether oxygens (including phenoxy) is 3. The van der Waals surface area contributed by atoms with Gasteiger partial charge >= 0.3 is 11.9 Å². The minimum absolute atomic E-state index is 0.0627. The Balaban J connectivity index is 1.57. The molecule has 0 radical (unpaired) electrons. The molecule has 0 saturated heterocycles. The average Bonchev–Trinajstić information content (AvgIpc) is 3.58. The number of carbonyl (C=O) groups excluding carboxylic acids is 2. The molecular weight excluding hydrogens is 520 g/mol. The quantitative estimate of drug-likeness (QED) is 0.258. The molecule has 0 fully saturated rings. The number of allylic oxidation sites excluding steroid dienone is 1. The lowest BCUT2D eigenvalue weighted by atomic mass is 9.96. The van der Waals surface area contributed by atoms with E-state index in [-0.39, 0.29) is 23.7 Å². The lowest BCUT2D eigenvalue weighted by Crippen LogP contribution is -2.39. The van der Waals surface area contributed by atoms with Crippen LogP contribution < -0.4 is 24.4 Å². The molecule has 0 aliphatic carbocycles. The Morgan fingerprint density at radius 3 is 2.56 bits per heavy atom. The number of carbonyl (C=O) groups is 2. The summed E-state index contributed by atoms with van der Waals surface area (Å²) in [6.45, 7) is 3.68. The lowest BCUT2D eigenvalue weighted by molar-refractivity contribution is -0.139. The maximum Gasteiger partial charge on any atom is 0.379 e. The Kier molecular flexibility index (Phi) is 7.29.